The fourth-order valence-electron chi connectivity index (χ4n) is 3.04. The lowest BCUT2D eigenvalue weighted by molar-refractivity contribution is -0.120. The molecule has 3 rings (SSSR count). The number of aromatic nitrogens is 1. The van der Waals surface area contributed by atoms with Gasteiger partial charge in [0, 0.05) is 23.5 Å². The molecular weight excluding hydrogens is 416 g/mol. The number of amides is 3. The Hall–Kier alpha value is -2.94. The van der Waals surface area contributed by atoms with E-state index in [9.17, 15) is 14.4 Å². The van der Waals surface area contributed by atoms with Crippen molar-refractivity contribution in [3.8, 4) is 5.75 Å². The van der Waals surface area contributed by atoms with Crippen LogP contribution >= 0.6 is 11.3 Å². The van der Waals surface area contributed by atoms with Gasteiger partial charge in [-0.2, -0.15) is 0 Å². The highest BCUT2D eigenvalue weighted by Gasteiger charge is 2.34. The Morgan fingerprint density at radius 3 is 2.58 bits per heavy atom. The number of ether oxygens (including phenoxy) is 1. The molecule has 31 heavy (non-hydrogen) atoms. The number of carbonyl (C=O) groups excluding carboxylic acids is 3. The minimum Gasteiger partial charge on any atom is -0.497 e. The van der Waals surface area contributed by atoms with E-state index in [1.165, 1.54) is 11.3 Å². The highest BCUT2D eigenvalue weighted by atomic mass is 32.1. The van der Waals surface area contributed by atoms with Crippen LogP contribution in [0.2, 0.25) is 0 Å². The van der Waals surface area contributed by atoms with E-state index in [0.717, 1.165) is 25.7 Å². The molecule has 1 aliphatic rings. The zero-order chi connectivity index (χ0) is 22.2. The summed E-state index contributed by atoms with van der Waals surface area (Å²) in [6.07, 6.45) is 3.93. The summed E-state index contributed by atoms with van der Waals surface area (Å²) in [5.74, 6) is 0.110. The summed E-state index contributed by atoms with van der Waals surface area (Å²) in [5, 5.41) is 7.78. The van der Waals surface area contributed by atoms with Crippen LogP contribution in [0.5, 0.6) is 5.75 Å². The van der Waals surface area contributed by atoms with Crippen LogP contribution in [0.3, 0.4) is 0 Å². The molecule has 1 aromatic heterocycles. The Labute approximate surface area is 186 Å². The number of nitrogens with zero attached hydrogens (tertiary/aromatic N) is 2. The van der Waals surface area contributed by atoms with Crippen LogP contribution in [-0.4, -0.2) is 53.8 Å². The van der Waals surface area contributed by atoms with Crippen molar-refractivity contribution in [1.82, 2.24) is 15.2 Å². The lowest BCUT2D eigenvalue weighted by Crippen LogP contribution is -2.39. The summed E-state index contributed by atoms with van der Waals surface area (Å²) in [7, 11) is 1.57. The van der Waals surface area contributed by atoms with E-state index < -0.39 is 0 Å². The summed E-state index contributed by atoms with van der Waals surface area (Å²) in [6, 6.07) is 6.95. The van der Waals surface area contributed by atoms with Crippen LogP contribution in [0.4, 0.5) is 5.13 Å². The summed E-state index contributed by atoms with van der Waals surface area (Å²) in [5.41, 5.74) is 1.13. The fraction of sp³-hybridized carbons (Fsp3) is 0.455. The molecule has 1 heterocycles. The third-order valence-corrected chi connectivity index (χ3v) is 5.70. The number of unbranched alkanes of at least 4 members (excludes halogenated alkanes) is 1. The Morgan fingerprint density at radius 1 is 1.19 bits per heavy atom. The maximum absolute atomic E-state index is 12.9. The molecule has 0 radical (unpaired) electrons. The lowest BCUT2D eigenvalue weighted by Gasteiger charge is -2.21. The van der Waals surface area contributed by atoms with E-state index in [1.54, 1.807) is 41.7 Å². The molecule has 0 saturated heterocycles. The van der Waals surface area contributed by atoms with E-state index >= 15 is 0 Å². The second-order valence-corrected chi connectivity index (χ2v) is 8.32. The van der Waals surface area contributed by atoms with Gasteiger partial charge in [0.25, 0.3) is 5.91 Å². The third kappa shape index (κ3) is 6.78. The van der Waals surface area contributed by atoms with Crippen LogP contribution in [0.15, 0.2) is 29.6 Å². The van der Waals surface area contributed by atoms with Crippen molar-refractivity contribution < 1.29 is 19.1 Å². The second-order valence-electron chi connectivity index (χ2n) is 7.47. The summed E-state index contributed by atoms with van der Waals surface area (Å²) < 4.78 is 5.13. The van der Waals surface area contributed by atoms with Gasteiger partial charge < -0.3 is 20.3 Å². The predicted molar refractivity (Wildman–Crippen MR) is 119 cm³/mol. The van der Waals surface area contributed by atoms with Crippen LogP contribution < -0.4 is 15.4 Å². The zero-order valence-electron chi connectivity index (χ0n) is 17.8. The smallest absolute Gasteiger partial charge is 0.254 e. The van der Waals surface area contributed by atoms with Gasteiger partial charge in [-0.05, 0) is 43.5 Å². The Morgan fingerprint density at radius 2 is 1.94 bits per heavy atom. The van der Waals surface area contributed by atoms with Crippen LogP contribution in [-0.2, 0) is 16.0 Å². The number of carbonyl (C=O) groups is 3. The Balaban J connectivity index is 1.54. The van der Waals surface area contributed by atoms with Crippen LogP contribution in [0.1, 0.15) is 48.7 Å². The third-order valence-electron chi connectivity index (χ3n) is 4.89. The molecule has 166 valence electrons. The highest BCUT2D eigenvalue weighted by molar-refractivity contribution is 7.13. The number of hydrogen-bond donors (Lipinski definition) is 2. The zero-order valence-corrected chi connectivity index (χ0v) is 18.7. The van der Waals surface area contributed by atoms with Crippen molar-refractivity contribution in [2.45, 2.75) is 45.1 Å². The molecule has 0 atom stereocenters. The molecule has 1 aromatic carbocycles. The number of thiazole rings is 1. The van der Waals surface area contributed by atoms with Crippen LogP contribution in [0.25, 0.3) is 0 Å². The molecule has 8 nitrogen and oxygen atoms in total. The van der Waals surface area contributed by atoms with Gasteiger partial charge in [-0.25, -0.2) is 4.98 Å². The van der Waals surface area contributed by atoms with Gasteiger partial charge in [0.05, 0.1) is 19.2 Å². The maximum atomic E-state index is 12.9. The maximum Gasteiger partial charge on any atom is 0.254 e. The van der Waals surface area contributed by atoms with E-state index in [-0.39, 0.29) is 36.7 Å². The molecule has 2 aromatic rings. The minimum absolute atomic E-state index is 0.0397. The van der Waals surface area contributed by atoms with Gasteiger partial charge in [0.1, 0.15) is 12.3 Å². The van der Waals surface area contributed by atoms with E-state index in [0.29, 0.717) is 28.7 Å². The lowest BCUT2D eigenvalue weighted by atomic mass is 10.2. The van der Waals surface area contributed by atoms with Gasteiger partial charge in [-0.1, -0.05) is 13.3 Å². The molecule has 0 unspecified atom stereocenters. The summed E-state index contributed by atoms with van der Waals surface area (Å²) >= 11 is 1.27. The Kier molecular flexibility index (Phi) is 8.00. The quantitative estimate of drug-likeness (QED) is 0.519. The number of methoxy groups -OCH3 is 1. The highest BCUT2D eigenvalue weighted by Crippen LogP contribution is 2.28. The monoisotopic (exact) mass is 444 g/mol. The molecule has 1 fully saturated rings. The van der Waals surface area contributed by atoms with E-state index in [2.05, 4.69) is 22.5 Å². The second kappa shape index (κ2) is 10.9. The van der Waals surface area contributed by atoms with Crippen molar-refractivity contribution in [3.63, 3.8) is 0 Å². The van der Waals surface area contributed by atoms with Crippen molar-refractivity contribution in [3.05, 3.63) is 40.9 Å². The molecule has 2 N–H and O–H groups in total. The van der Waals surface area contributed by atoms with Gasteiger partial charge >= 0.3 is 0 Å². The number of benzene rings is 1. The van der Waals surface area contributed by atoms with Crippen molar-refractivity contribution in [1.29, 1.82) is 0 Å². The van der Waals surface area contributed by atoms with Gasteiger partial charge in [-0.15, -0.1) is 11.3 Å². The van der Waals surface area contributed by atoms with Gasteiger partial charge in [0.2, 0.25) is 11.8 Å². The standard InChI is InChI=1S/C22H28N4O4S/c1-3-4-11-23-19(27)12-16-14-31-22(24-16)25-20(28)13-26(17-7-8-17)21(29)15-5-9-18(30-2)10-6-15/h5-6,9-10,14,17H,3-4,7-8,11-13H2,1-2H3,(H,23,27)(H,24,25,28). The first kappa shape index (κ1) is 22.7. The Bertz CT molecular complexity index is 908. The SMILES string of the molecule is CCCCNC(=O)Cc1csc(NC(=O)CN(C(=O)c2ccc(OC)cc2)C2CC2)n1. The predicted octanol–water partition coefficient (Wildman–Crippen LogP) is 2.85. The van der Waals surface area contributed by atoms with Gasteiger partial charge in [0.15, 0.2) is 5.13 Å². The summed E-state index contributed by atoms with van der Waals surface area (Å²) in [6.45, 7) is 2.68. The normalized spacial score (nSPS) is 12.8. The number of hydrogen-bond acceptors (Lipinski definition) is 6. The fourth-order valence-corrected chi connectivity index (χ4v) is 3.77. The molecule has 0 bridgehead atoms. The number of nitrogens with one attached hydrogen (secondary N) is 2. The summed E-state index contributed by atoms with van der Waals surface area (Å²) in [4.78, 5) is 43.3. The minimum atomic E-state index is -0.304. The molecule has 1 aliphatic carbocycles. The molecule has 0 aliphatic heterocycles. The average molecular weight is 445 g/mol. The van der Waals surface area contributed by atoms with Crippen LogP contribution in [0, 0.1) is 0 Å². The average Bonchev–Trinajstić information content (AvgIpc) is 3.52. The molecule has 3 amide bonds. The van der Waals surface area contributed by atoms with Crippen molar-refractivity contribution in [2.75, 3.05) is 25.5 Å². The number of rotatable bonds is 11. The van der Waals surface area contributed by atoms with Gasteiger partial charge in [-0.3, -0.25) is 14.4 Å². The largest absolute Gasteiger partial charge is 0.497 e. The topological polar surface area (TPSA) is 101 Å². The number of anilines is 1. The first-order chi connectivity index (χ1) is 15.0. The molecule has 0 spiro atoms. The molecular formula is C22H28N4O4S. The molecule has 1 saturated carbocycles. The first-order valence-corrected chi connectivity index (χ1v) is 11.3. The van der Waals surface area contributed by atoms with Crippen molar-refractivity contribution in [2.24, 2.45) is 0 Å². The van der Waals surface area contributed by atoms with E-state index in [1.807, 2.05) is 0 Å². The van der Waals surface area contributed by atoms with E-state index in [4.69, 9.17) is 4.74 Å². The first-order valence-electron chi connectivity index (χ1n) is 10.5. The van der Waals surface area contributed by atoms with Crippen molar-refractivity contribution >= 4 is 34.2 Å². The molecule has 9 heteroatoms.